The molecule has 0 aliphatic carbocycles. The molecular formula is C28H28ClN3O3. The van der Waals surface area contributed by atoms with Gasteiger partial charge in [-0.2, -0.15) is 0 Å². The number of benzene rings is 3. The topological polar surface area (TPSA) is 56.6 Å². The summed E-state index contributed by atoms with van der Waals surface area (Å²) < 4.78 is 13.8. The van der Waals surface area contributed by atoms with E-state index in [4.69, 9.17) is 26.1 Å². The van der Waals surface area contributed by atoms with Crippen LogP contribution in [-0.4, -0.2) is 35.7 Å². The van der Waals surface area contributed by atoms with Crippen molar-refractivity contribution in [3.8, 4) is 11.5 Å². The third-order valence-corrected chi connectivity index (χ3v) is 6.76. The van der Waals surface area contributed by atoms with E-state index in [1.54, 1.807) is 30.2 Å². The predicted molar refractivity (Wildman–Crippen MR) is 139 cm³/mol. The molecule has 0 spiro atoms. The Morgan fingerprint density at radius 3 is 2.71 bits per heavy atom. The van der Waals surface area contributed by atoms with Crippen LogP contribution < -0.4 is 14.4 Å². The van der Waals surface area contributed by atoms with Crippen molar-refractivity contribution in [2.75, 3.05) is 25.2 Å². The molecule has 1 aromatic heterocycles. The van der Waals surface area contributed by atoms with Crippen LogP contribution in [0.15, 0.2) is 60.7 Å². The van der Waals surface area contributed by atoms with Crippen molar-refractivity contribution < 1.29 is 14.3 Å². The number of imidazole rings is 1. The lowest BCUT2D eigenvalue weighted by atomic mass is 10.1. The zero-order valence-corrected chi connectivity index (χ0v) is 20.9. The Labute approximate surface area is 210 Å². The van der Waals surface area contributed by atoms with Crippen LogP contribution in [0.5, 0.6) is 11.5 Å². The van der Waals surface area contributed by atoms with Gasteiger partial charge in [-0.05, 0) is 61.4 Å². The van der Waals surface area contributed by atoms with E-state index in [0.717, 1.165) is 28.2 Å². The van der Waals surface area contributed by atoms with Crippen molar-refractivity contribution in [3.63, 3.8) is 0 Å². The van der Waals surface area contributed by atoms with E-state index in [1.165, 1.54) is 5.56 Å². The van der Waals surface area contributed by atoms with Gasteiger partial charge in [0.1, 0.15) is 23.9 Å². The smallest absolute Gasteiger partial charge is 0.227 e. The molecule has 0 bridgehead atoms. The largest absolute Gasteiger partial charge is 0.495 e. The fraction of sp³-hybridized carbons (Fsp3) is 0.286. The molecule has 0 radical (unpaired) electrons. The van der Waals surface area contributed by atoms with Crippen LogP contribution in [0.25, 0.3) is 11.0 Å². The maximum absolute atomic E-state index is 13.1. The summed E-state index contributed by atoms with van der Waals surface area (Å²) in [6, 6.07) is 19.6. The van der Waals surface area contributed by atoms with Gasteiger partial charge in [0.15, 0.2) is 0 Å². The number of nitrogens with zero attached hydrogens (tertiary/aromatic N) is 3. The number of amides is 1. The summed E-state index contributed by atoms with van der Waals surface area (Å²) in [6.07, 6.45) is 0.372. The lowest BCUT2D eigenvalue weighted by Gasteiger charge is -2.20. The zero-order chi connectivity index (χ0) is 24.5. The van der Waals surface area contributed by atoms with Gasteiger partial charge in [-0.25, -0.2) is 4.98 Å². The first-order valence-corrected chi connectivity index (χ1v) is 12.1. The summed E-state index contributed by atoms with van der Waals surface area (Å²) in [7, 11) is 1.60. The number of halogens is 1. The third kappa shape index (κ3) is 4.58. The second-order valence-electron chi connectivity index (χ2n) is 8.95. The SMILES string of the molecule is COc1ccc(Cl)cc1N1C[C@@H](c2nc3ccccc3n2CCOc2cc(C)ccc2C)CC1=O. The minimum absolute atomic E-state index is 0.0285. The van der Waals surface area contributed by atoms with Crippen LogP contribution in [0.2, 0.25) is 5.02 Å². The monoisotopic (exact) mass is 489 g/mol. The zero-order valence-electron chi connectivity index (χ0n) is 20.1. The number of rotatable bonds is 7. The molecule has 0 unspecified atom stereocenters. The molecule has 1 atom stereocenters. The number of para-hydroxylation sites is 2. The highest BCUT2D eigenvalue weighted by Crippen LogP contribution is 2.38. The summed E-state index contributed by atoms with van der Waals surface area (Å²) >= 11 is 6.24. The van der Waals surface area contributed by atoms with Crippen LogP contribution in [0.1, 0.15) is 29.3 Å². The van der Waals surface area contributed by atoms with E-state index in [-0.39, 0.29) is 11.8 Å². The summed E-state index contributed by atoms with van der Waals surface area (Å²) in [4.78, 5) is 19.8. The normalized spacial score (nSPS) is 15.7. The first-order valence-electron chi connectivity index (χ1n) is 11.7. The standard InChI is InChI=1S/C28H28ClN3O3/c1-18-8-9-19(2)26(14-18)35-13-12-31-23-7-5-4-6-22(23)30-28(31)20-15-27(33)32(17-20)24-16-21(29)10-11-25(24)34-3/h4-11,14,16,20H,12-13,15,17H2,1-3H3/t20-/m0/s1. The minimum Gasteiger partial charge on any atom is -0.495 e. The number of carbonyl (C=O) groups excluding carboxylic acids is 1. The molecule has 180 valence electrons. The highest BCUT2D eigenvalue weighted by Gasteiger charge is 2.36. The summed E-state index contributed by atoms with van der Waals surface area (Å²) in [5.74, 6) is 2.39. The Morgan fingerprint density at radius 1 is 1.06 bits per heavy atom. The summed E-state index contributed by atoms with van der Waals surface area (Å²) in [5, 5.41) is 0.563. The second-order valence-corrected chi connectivity index (χ2v) is 9.39. The Bertz CT molecular complexity index is 1400. The van der Waals surface area contributed by atoms with Gasteiger partial charge in [0.05, 0.1) is 30.4 Å². The van der Waals surface area contributed by atoms with Crippen molar-refractivity contribution in [2.24, 2.45) is 0 Å². The Hall–Kier alpha value is -3.51. The summed E-state index contributed by atoms with van der Waals surface area (Å²) in [6.45, 7) is 5.76. The highest BCUT2D eigenvalue weighted by molar-refractivity contribution is 6.31. The third-order valence-electron chi connectivity index (χ3n) is 6.52. The van der Waals surface area contributed by atoms with E-state index >= 15 is 0 Å². The maximum atomic E-state index is 13.1. The molecule has 6 nitrogen and oxygen atoms in total. The van der Waals surface area contributed by atoms with Gasteiger partial charge in [0.2, 0.25) is 5.91 Å². The minimum atomic E-state index is -0.0562. The predicted octanol–water partition coefficient (Wildman–Crippen LogP) is 5.91. The number of aryl methyl sites for hydroxylation is 2. The number of ether oxygens (including phenoxy) is 2. The van der Waals surface area contributed by atoms with Gasteiger partial charge < -0.3 is 18.9 Å². The van der Waals surface area contributed by atoms with Gasteiger partial charge in [0.25, 0.3) is 0 Å². The van der Waals surface area contributed by atoms with Gasteiger partial charge in [-0.1, -0.05) is 35.9 Å². The molecule has 35 heavy (non-hydrogen) atoms. The molecule has 1 aliphatic rings. The number of carbonyl (C=O) groups is 1. The molecule has 3 aromatic carbocycles. The Balaban J connectivity index is 1.43. The maximum Gasteiger partial charge on any atom is 0.227 e. The molecule has 1 saturated heterocycles. The van der Waals surface area contributed by atoms with Crippen molar-refractivity contribution in [1.29, 1.82) is 0 Å². The molecule has 2 heterocycles. The van der Waals surface area contributed by atoms with Gasteiger partial charge in [-0.3, -0.25) is 4.79 Å². The van der Waals surface area contributed by atoms with E-state index < -0.39 is 0 Å². The lowest BCUT2D eigenvalue weighted by Crippen LogP contribution is -2.25. The number of anilines is 1. The van der Waals surface area contributed by atoms with E-state index in [0.29, 0.717) is 42.6 Å². The van der Waals surface area contributed by atoms with Crippen LogP contribution in [0, 0.1) is 13.8 Å². The van der Waals surface area contributed by atoms with Crippen LogP contribution >= 0.6 is 11.6 Å². The molecule has 1 fully saturated rings. The fourth-order valence-electron chi connectivity index (χ4n) is 4.74. The number of hydrogen-bond acceptors (Lipinski definition) is 4. The van der Waals surface area contributed by atoms with Gasteiger partial charge in [-0.15, -0.1) is 0 Å². The molecule has 1 aliphatic heterocycles. The van der Waals surface area contributed by atoms with Crippen molar-refractivity contribution >= 4 is 34.2 Å². The molecule has 5 rings (SSSR count). The Morgan fingerprint density at radius 2 is 1.89 bits per heavy atom. The fourth-order valence-corrected chi connectivity index (χ4v) is 4.90. The van der Waals surface area contributed by atoms with Crippen molar-refractivity contribution in [2.45, 2.75) is 32.7 Å². The van der Waals surface area contributed by atoms with Gasteiger partial charge >= 0.3 is 0 Å². The van der Waals surface area contributed by atoms with E-state index in [9.17, 15) is 4.79 Å². The summed E-state index contributed by atoms with van der Waals surface area (Å²) in [5.41, 5.74) is 4.92. The number of fused-ring (bicyclic) bond motifs is 1. The average Bonchev–Trinajstić information content (AvgIpc) is 3.41. The number of hydrogen-bond donors (Lipinski definition) is 0. The lowest BCUT2D eigenvalue weighted by molar-refractivity contribution is -0.117. The molecule has 4 aromatic rings. The molecule has 0 N–H and O–H groups in total. The quantitative estimate of drug-likeness (QED) is 0.323. The van der Waals surface area contributed by atoms with Gasteiger partial charge in [0, 0.05) is 23.9 Å². The average molecular weight is 490 g/mol. The van der Waals surface area contributed by atoms with Crippen LogP contribution in [0.3, 0.4) is 0 Å². The second kappa shape index (κ2) is 9.62. The van der Waals surface area contributed by atoms with E-state index in [2.05, 4.69) is 42.7 Å². The highest BCUT2D eigenvalue weighted by atomic mass is 35.5. The van der Waals surface area contributed by atoms with E-state index in [1.807, 2.05) is 18.2 Å². The first-order chi connectivity index (χ1) is 16.9. The molecule has 1 amide bonds. The molecule has 0 saturated carbocycles. The molecular weight excluding hydrogens is 462 g/mol. The first kappa shape index (κ1) is 23.2. The van der Waals surface area contributed by atoms with Crippen molar-refractivity contribution in [1.82, 2.24) is 9.55 Å². The van der Waals surface area contributed by atoms with Crippen molar-refractivity contribution in [3.05, 3.63) is 82.6 Å². The molecule has 7 heteroatoms. The van der Waals surface area contributed by atoms with Crippen LogP contribution in [-0.2, 0) is 11.3 Å². The Kier molecular flexibility index (Phi) is 6.39. The number of aromatic nitrogens is 2. The van der Waals surface area contributed by atoms with Crippen LogP contribution in [0.4, 0.5) is 5.69 Å². The number of methoxy groups -OCH3 is 1.